The van der Waals surface area contributed by atoms with E-state index in [0.717, 1.165) is 12.8 Å². The van der Waals surface area contributed by atoms with Crippen molar-refractivity contribution in [3.63, 3.8) is 0 Å². The summed E-state index contributed by atoms with van der Waals surface area (Å²) in [6.45, 7) is 3.46. The monoisotopic (exact) mass is 203 g/mol. The van der Waals surface area contributed by atoms with Crippen molar-refractivity contribution in [3.8, 4) is 0 Å². The van der Waals surface area contributed by atoms with E-state index >= 15 is 0 Å². The van der Waals surface area contributed by atoms with Gasteiger partial charge >= 0.3 is 0 Å². The van der Waals surface area contributed by atoms with Crippen molar-refractivity contribution in [2.24, 2.45) is 5.92 Å². The number of rotatable bonds is 8. The summed E-state index contributed by atoms with van der Waals surface area (Å²) >= 11 is 0. The van der Waals surface area contributed by atoms with E-state index in [1.165, 1.54) is 0 Å². The fourth-order valence-corrected chi connectivity index (χ4v) is 1.08. The van der Waals surface area contributed by atoms with Crippen LogP contribution in [0.5, 0.6) is 0 Å². The fraction of sp³-hybridized carbons (Fsp3) is 0.900. The molecule has 0 heterocycles. The number of carbonyl (C=O) groups excluding carboxylic acids is 1. The highest BCUT2D eigenvalue weighted by Crippen LogP contribution is 1.98. The van der Waals surface area contributed by atoms with Crippen LogP contribution < -0.4 is 5.32 Å². The topological polar surface area (TPSA) is 58.6 Å². The molecule has 0 saturated carbocycles. The summed E-state index contributed by atoms with van der Waals surface area (Å²) in [6.07, 6.45) is 2.01. The van der Waals surface area contributed by atoms with Crippen LogP contribution in [0.3, 0.4) is 0 Å². The Hall–Kier alpha value is -0.610. The molecule has 0 saturated heterocycles. The van der Waals surface area contributed by atoms with Gasteiger partial charge in [0.05, 0.1) is 0 Å². The first-order chi connectivity index (χ1) is 6.70. The van der Waals surface area contributed by atoms with Crippen LogP contribution in [0.15, 0.2) is 0 Å². The highest BCUT2D eigenvalue weighted by molar-refractivity contribution is 5.75. The van der Waals surface area contributed by atoms with Crippen molar-refractivity contribution in [2.45, 2.75) is 26.2 Å². The second-order valence-electron chi connectivity index (χ2n) is 3.52. The quantitative estimate of drug-likeness (QED) is 0.566. The third-order valence-electron chi connectivity index (χ3n) is 2.02. The largest absolute Gasteiger partial charge is 0.396 e. The number of ether oxygens (including phenoxy) is 1. The molecule has 1 atom stereocenters. The predicted octanol–water partition coefficient (Wildman–Crippen LogP) is 0.548. The molecule has 0 rings (SSSR count). The van der Waals surface area contributed by atoms with Gasteiger partial charge in [0.25, 0.3) is 0 Å². The van der Waals surface area contributed by atoms with E-state index in [9.17, 15) is 4.79 Å². The maximum Gasteiger partial charge on any atom is 0.220 e. The number of amides is 1. The van der Waals surface area contributed by atoms with E-state index in [-0.39, 0.29) is 12.5 Å². The number of methoxy groups -OCH3 is 1. The molecule has 0 aromatic rings. The van der Waals surface area contributed by atoms with Crippen LogP contribution in [0.1, 0.15) is 26.2 Å². The van der Waals surface area contributed by atoms with E-state index < -0.39 is 0 Å². The minimum Gasteiger partial charge on any atom is -0.396 e. The third-order valence-corrected chi connectivity index (χ3v) is 2.02. The molecular formula is C10H21NO3. The van der Waals surface area contributed by atoms with E-state index in [1.54, 1.807) is 7.11 Å². The summed E-state index contributed by atoms with van der Waals surface area (Å²) in [4.78, 5) is 11.2. The minimum absolute atomic E-state index is 0.0619. The zero-order valence-corrected chi connectivity index (χ0v) is 9.08. The molecule has 0 aromatic heterocycles. The summed E-state index contributed by atoms with van der Waals surface area (Å²) in [7, 11) is 1.63. The number of nitrogens with one attached hydrogen (secondary N) is 1. The minimum atomic E-state index is 0.0619. The first-order valence-corrected chi connectivity index (χ1v) is 5.07. The molecule has 1 unspecified atom stereocenters. The van der Waals surface area contributed by atoms with E-state index in [2.05, 4.69) is 5.32 Å². The van der Waals surface area contributed by atoms with Gasteiger partial charge in [0.15, 0.2) is 0 Å². The van der Waals surface area contributed by atoms with Gasteiger partial charge in [-0.25, -0.2) is 0 Å². The smallest absolute Gasteiger partial charge is 0.220 e. The average Bonchev–Trinajstić information content (AvgIpc) is 2.16. The summed E-state index contributed by atoms with van der Waals surface area (Å²) in [6, 6.07) is 0. The van der Waals surface area contributed by atoms with Gasteiger partial charge in [-0.1, -0.05) is 6.92 Å². The SMILES string of the molecule is COCCCC(=O)NCC(C)CCO. The van der Waals surface area contributed by atoms with Crippen molar-refractivity contribution in [1.82, 2.24) is 5.32 Å². The lowest BCUT2D eigenvalue weighted by atomic mass is 10.1. The lowest BCUT2D eigenvalue weighted by Crippen LogP contribution is -2.28. The molecule has 0 aliphatic rings. The van der Waals surface area contributed by atoms with Gasteiger partial charge in [-0.3, -0.25) is 4.79 Å². The van der Waals surface area contributed by atoms with Crippen molar-refractivity contribution in [3.05, 3.63) is 0 Å². The molecule has 1 amide bonds. The number of carbonyl (C=O) groups is 1. The molecule has 0 aliphatic carbocycles. The molecule has 0 bridgehead atoms. The zero-order chi connectivity index (χ0) is 10.8. The third kappa shape index (κ3) is 8.01. The lowest BCUT2D eigenvalue weighted by molar-refractivity contribution is -0.121. The Morgan fingerprint density at radius 3 is 2.86 bits per heavy atom. The number of hydrogen-bond donors (Lipinski definition) is 2. The summed E-state index contributed by atoms with van der Waals surface area (Å²) < 4.78 is 4.84. The standard InChI is InChI=1S/C10H21NO3/c1-9(5-6-12)8-11-10(13)4-3-7-14-2/h9,12H,3-8H2,1-2H3,(H,11,13). The van der Waals surface area contributed by atoms with E-state index in [1.807, 2.05) is 6.92 Å². The van der Waals surface area contributed by atoms with Crippen LogP contribution in [0.25, 0.3) is 0 Å². The molecule has 0 spiro atoms. The Balaban J connectivity index is 3.34. The first kappa shape index (κ1) is 13.4. The Morgan fingerprint density at radius 2 is 2.29 bits per heavy atom. The summed E-state index contributed by atoms with van der Waals surface area (Å²) in [5.41, 5.74) is 0. The Kier molecular flexibility index (Phi) is 8.57. The molecule has 0 aliphatic heterocycles. The Morgan fingerprint density at radius 1 is 1.57 bits per heavy atom. The van der Waals surface area contributed by atoms with Gasteiger partial charge in [0.2, 0.25) is 5.91 Å². The van der Waals surface area contributed by atoms with Crippen LogP contribution in [0.4, 0.5) is 0 Å². The van der Waals surface area contributed by atoms with Gasteiger partial charge in [0, 0.05) is 33.3 Å². The second-order valence-corrected chi connectivity index (χ2v) is 3.52. The molecule has 0 fully saturated rings. The maximum absolute atomic E-state index is 11.2. The van der Waals surface area contributed by atoms with Gasteiger partial charge in [-0.2, -0.15) is 0 Å². The van der Waals surface area contributed by atoms with Crippen LogP contribution in [-0.2, 0) is 9.53 Å². The number of aliphatic hydroxyl groups is 1. The average molecular weight is 203 g/mol. The van der Waals surface area contributed by atoms with Crippen LogP contribution >= 0.6 is 0 Å². The number of hydrogen-bond acceptors (Lipinski definition) is 3. The summed E-state index contributed by atoms with van der Waals surface area (Å²) in [5, 5.41) is 11.5. The molecule has 0 aromatic carbocycles. The van der Waals surface area contributed by atoms with Gasteiger partial charge < -0.3 is 15.2 Å². The molecule has 4 nitrogen and oxygen atoms in total. The first-order valence-electron chi connectivity index (χ1n) is 5.07. The lowest BCUT2D eigenvalue weighted by Gasteiger charge is -2.10. The molecule has 0 radical (unpaired) electrons. The van der Waals surface area contributed by atoms with Crippen LogP contribution in [0.2, 0.25) is 0 Å². The highest BCUT2D eigenvalue weighted by atomic mass is 16.5. The van der Waals surface area contributed by atoms with Crippen molar-refractivity contribution in [1.29, 1.82) is 0 Å². The predicted molar refractivity (Wildman–Crippen MR) is 55.0 cm³/mol. The molecular weight excluding hydrogens is 182 g/mol. The fourth-order valence-electron chi connectivity index (χ4n) is 1.08. The Labute approximate surface area is 85.6 Å². The van der Waals surface area contributed by atoms with Crippen LogP contribution in [-0.4, -0.2) is 37.9 Å². The molecule has 84 valence electrons. The maximum atomic E-state index is 11.2. The second kappa shape index (κ2) is 8.97. The summed E-state index contributed by atoms with van der Waals surface area (Å²) in [5.74, 6) is 0.401. The van der Waals surface area contributed by atoms with Crippen molar-refractivity contribution >= 4 is 5.91 Å². The van der Waals surface area contributed by atoms with E-state index in [0.29, 0.717) is 25.5 Å². The Bertz CT molecular complexity index is 150. The van der Waals surface area contributed by atoms with Crippen LogP contribution in [0, 0.1) is 5.92 Å². The zero-order valence-electron chi connectivity index (χ0n) is 9.08. The molecule has 2 N–H and O–H groups in total. The van der Waals surface area contributed by atoms with Gasteiger partial charge in [0.1, 0.15) is 0 Å². The number of aliphatic hydroxyl groups excluding tert-OH is 1. The molecule has 14 heavy (non-hydrogen) atoms. The van der Waals surface area contributed by atoms with Gasteiger partial charge in [-0.15, -0.1) is 0 Å². The van der Waals surface area contributed by atoms with Crippen molar-refractivity contribution in [2.75, 3.05) is 26.9 Å². The van der Waals surface area contributed by atoms with Gasteiger partial charge in [-0.05, 0) is 18.8 Å². The highest BCUT2D eigenvalue weighted by Gasteiger charge is 2.04. The molecule has 4 heteroatoms. The normalized spacial score (nSPS) is 12.5. The van der Waals surface area contributed by atoms with Crippen molar-refractivity contribution < 1.29 is 14.6 Å². The van der Waals surface area contributed by atoms with E-state index in [4.69, 9.17) is 9.84 Å².